The molecule has 0 aliphatic rings. The summed E-state index contributed by atoms with van der Waals surface area (Å²) in [7, 11) is 0. The molecular weight excluding hydrogens is 136 g/mol. The van der Waals surface area contributed by atoms with Crippen molar-refractivity contribution in [3.05, 3.63) is 12.7 Å². The minimum atomic E-state index is -1.85. The topological polar surface area (TPSA) is 40.1 Å². The Morgan fingerprint density at radius 1 is 1.56 bits per heavy atom. The molecule has 0 aromatic heterocycles. The number of hydrogen-bond acceptors (Lipinski definition) is 2. The third-order valence-electron chi connectivity index (χ3n) is 0.969. The van der Waals surface area contributed by atoms with E-state index in [0.717, 1.165) is 19.3 Å². The maximum Gasteiger partial charge on any atom is 0.0102 e. The van der Waals surface area contributed by atoms with Gasteiger partial charge in [-0.25, -0.2) is 0 Å². The molecule has 0 aromatic carbocycles. The minimum Gasteiger partial charge on any atom is -0.772 e. The third-order valence-corrected chi connectivity index (χ3v) is 1.59. The van der Waals surface area contributed by atoms with Gasteiger partial charge in [-0.05, 0) is 19.3 Å². The summed E-state index contributed by atoms with van der Waals surface area (Å²) < 4.78 is 19.9. The van der Waals surface area contributed by atoms with Gasteiger partial charge in [0.25, 0.3) is 0 Å². The highest BCUT2D eigenvalue weighted by atomic mass is 32.2. The van der Waals surface area contributed by atoms with Crippen LogP contribution in [-0.2, 0) is 11.1 Å². The van der Waals surface area contributed by atoms with E-state index in [9.17, 15) is 8.76 Å². The molecule has 0 rings (SSSR count). The largest absolute Gasteiger partial charge is 0.772 e. The van der Waals surface area contributed by atoms with E-state index in [1.165, 1.54) is 0 Å². The van der Waals surface area contributed by atoms with E-state index in [-0.39, 0.29) is 5.75 Å². The molecular formula is C6H11O2S-. The van der Waals surface area contributed by atoms with Crippen LogP contribution in [0, 0.1) is 0 Å². The van der Waals surface area contributed by atoms with E-state index in [0.29, 0.717) is 0 Å². The van der Waals surface area contributed by atoms with Crippen LogP contribution in [0.2, 0.25) is 0 Å². The predicted octanol–water partition coefficient (Wildman–Crippen LogP) is 1.22. The lowest BCUT2D eigenvalue weighted by Gasteiger charge is -2.01. The van der Waals surface area contributed by atoms with Gasteiger partial charge in [0.1, 0.15) is 0 Å². The van der Waals surface area contributed by atoms with Crippen molar-refractivity contribution >= 4 is 11.1 Å². The summed E-state index contributed by atoms with van der Waals surface area (Å²) in [5, 5.41) is 0. The lowest BCUT2D eigenvalue weighted by atomic mass is 10.2. The molecule has 2 nitrogen and oxygen atoms in total. The predicted molar refractivity (Wildman–Crippen MR) is 37.8 cm³/mol. The van der Waals surface area contributed by atoms with Gasteiger partial charge in [0, 0.05) is 5.75 Å². The van der Waals surface area contributed by atoms with Crippen LogP contribution in [0.1, 0.15) is 19.3 Å². The normalized spacial score (nSPS) is 13.0. The lowest BCUT2D eigenvalue weighted by molar-refractivity contribution is 0.534. The van der Waals surface area contributed by atoms with Crippen LogP contribution in [0.4, 0.5) is 0 Å². The van der Waals surface area contributed by atoms with Gasteiger partial charge in [-0.2, -0.15) is 0 Å². The number of hydrogen-bond donors (Lipinski definition) is 0. The van der Waals surface area contributed by atoms with Crippen LogP contribution < -0.4 is 0 Å². The molecule has 0 saturated heterocycles. The van der Waals surface area contributed by atoms with Crippen LogP contribution in [0.25, 0.3) is 0 Å². The number of rotatable bonds is 5. The Balaban J connectivity index is 2.91. The summed E-state index contributed by atoms with van der Waals surface area (Å²) >= 11 is -1.85. The van der Waals surface area contributed by atoms with Crippen molar-refractivity contribution in [1.29, 1.82) is 0 Å². The van der Waals surface area contributed by atoms with Crippen molar-refractivity contribution in [1.82, 2.24) is 0 Å². The fourth-order valence-electron chi connectivity index (χ4n) is 0.509. The van der Waals surface area contributed by atoms with Gasteiger partial charge in [0.2, 0.25) is 0 Å². The fraction of sp³-hybridized carbons (Fsp3) is 0.667. The summed E-state index contributed by atoms with van der Waals surface area (Å²) in [5.74, 6) is 0.286. The van der Waals surface area contributed by atoms with Crippen molar-refractivity contribution in [3.8, 4) is 0 Å². The highest BCUT2D eigenvalue weighted by Crippen LogP contribution is 1.95. The molecule has 1 unspecified atom stereocenters. The molecule has 0 saturated carbocycles. The standard InChI is InChI=1S/C6H12O2S/c1-2-3-4-5-6-9(7)8/h2H,1,3-6H2,(H,7,8)/p-1. The molecule has 0 heterocycles. The van der Waals surface area contributed by atoms with Crippen molar-refractivity contribution in [2.45, 2.75) is 19.3 Å². The van der Waals surface area contributed by atoms with Gasteiger partial charge in [-0.1, -0.05) is 17.2 Å². The van der Waals surface area contributed by atoms with Gasteiger partial charge in [0.15, 0.2) is 0 Å². The minimum absolute atomic E-state index is 0.286. The maximum atomic E-state index is 9.94. The molecule has 0 amide bonds. The quantitative estimate of drug-likeness (QED) is 0.333. The molecule has 0 aromatic rings. The number of allylic oxidation sites excluding steroid dienone is 1. The van der Waals surface area contributed by atoms with Crippen LogP contribution in [0.3, 0.4) is 0 Å². The van der Waals surface area contributed by atoms with Crippen LogP contribution in [0.15, 0.2) is 12.7 Å². The second-order valence-corrected chi connectivity index (χ2v) is 2.81. The number of unbranched alkanes of at least 4 members (excludes halogenated alkanes) is 2. The zero-order valence-corrected chi connectivity index (χ0v) is 6.15. The molecule has 1 atom stereocenters. The zero-order valence-electron chi connectivity index (χ0n) is 5.34. The molecule has 3 heteroatoms. The maximum absolute atomic E-state index is 9.94. The molecule has 0 N–H and O–H groups in total. The molecule has 54 valence electrons. The molecule has 0 radical (unpaired) electrons. The highest BCUT2D eigenvalue weighted by molar-refractivity contribution is 7.79. The van der Waals surface area contributed by atoms with E-state index < -0.39 is 11.1 Å². The van der Waals surface area contributed by atoms with Crippen molar-refractivity contribution in [2.24, 2.45) is 0 Å². The zero-order chi connectivity index (χ0) is 7.11. The molecule has 0 aliphatic heterocycles. The first kappa shape index (κ1) is 8.85. The van der Waals surface area contributed by atoms with Gasteiger partial charge in [-0.3, -0.25) is 4.21 Å². The Labute approximate surface area is 58.3 Å². The Kier molecular flexibility index (Phi) is 5.88. The molecule has 0 spiro atoms. The second kappa shape index (κ2) is 5.98. The van der Waals surface area contributed by atoms with E-state index >= 15 is 0 Å². The molecule has 0 bridgehead atoms. The van der Waals surface area contributed by atoms with Gasteiger partial charge >= 0.3 is 0 Å². The Morgan fingerprint density at radius 3 is 2.67 bits per heavy atom. The fourth-order valence-corrected chi connectivity index (χ4v) is 0.948. The Morgan fingerprint density at radius 2 is 2.22 bits per heavy atom. The van der Waals surface area contributed by atoms with E-state index in [1.807, 2.05) is 0 Å². The lowest BCUT2D eigenvalue weighted by Crippen LogP contribution is -1.93. The first-order valence-electron chi connectivity index (χ1n) is 2.94. The molecule has 0 aliphatic carbocycles. The average molecular weight is 147 g/mol. The van der Waals surface area contributed by atoms with Crippen molar-refractivity contribution < 1.29 is 8.76 Å². The van der Waals surface area contributed by atoms with Crippen molar-refractivity contribution in [3.63, 3.8) is 0 Å². The first-order chi connectivity index (χ1) is 4.27. The molecule has 9 heavy (non-hydrogen) atoms. The first-order valence-corrected chi connectivity index (χ1v) is 4.18. The SMILES string of the molecule is C=CCCCCS(=O)[O-]. The summed E-state index contributed by atoms with van der Waals surface area (Å²) in [6, 6.07) is 0. The summed E-state index contributed by atoms with van der Waals surface area (Å²) in [4.78, 5) is 0. The van der Waals surface area contributed by atoms with E-state index in [4.69, 9.17) is 0 Å². The smallest absolute Gasteiger partial charge is 0.0102 e. The highest BCUT2D eigenvalue weighted by Gasteiger charge is 1.84. The average Bonchev–Trinajstić information content (AvgIpc) is 1.80. The summed E-state index contributed by atoms with van der Waals surface area (Å²) in [6.07, 6.45) is 4.39. The van der Waals surface area contributed by atoms with Crippen LogP contribution in [0.5, 0.6) is 0 Å². The molecule has 0 fully saturated rings. The summed E-state index contributed by atoms with van der Waals surface area (Å²) in [6.45, 7) is 3.52. The summed E-state index contributed by atoms with van der Waals surface area (Å²) in [5.41, 5.74) is 0. The monoisotopic (exact) mass is 147 g/mol. The van der Waals surface area contributed by atoms with Crippen LogP contribution in [-0.4, -0.2) is 14.5 Å². The van der Waals surface area contributed by atoms with Gasteiger partial charge in [-0.15, -0.1) is 6.58 Å². The third kappa shape index (κ3) is 7.85. The van der Waals surface area contributed by atoms with Crippen LogP contribution >= 0.6 is 0 Å². The van der Waals surface area contributed by atoms with Crippen molar-refractivity contribution in [2.75, 3.05) is 5.75 Å². The van der Waals surface area contributed by atoms with E-state index in [1.54, 1.807) is 6.08 Å². The Bertz CT molecular complexity index is 101. The van der Waals surface area contributed by atoms with Gasteiger partial charge in [0.05, 0.1) is 0 Å². The van der Waals surface area contributed by atoms with E-state index in [2.05, 4.69) is 6.58 Å². The Hall–Kier alpha value is -0.150. The van der Waals surface area contributed by atoms with Gasteiger partial charge < -0.3 is 4.55 Å². The second-order valence-electron chi connectivity index (χ2n) is 1.79.